The normalized spacial score (nSPS) is 16.0. The molecule has 0 fully saturated rings. The number of carbonyl (C=O) groups is 2. The first-order chi connectivity index (χ1) is 7.77. The van der Waals surface area contributed by atoms with Crippen LogP contribution >= 0.6 is 0 Å². The van der Waals surface area contributed by atoms with Gasteiger partial charge in [0.25, 0.3) is 0 Å². The highest BCUT2D eigenvalue weighted by molar-refractivity contribution is 5.93. The third kappa shape index (κ3) is 3.31. The Morgan fingerprint density at radius 3 is 1.47 bits per heavy atom. The fourth-order valence-electron chi connectivity index (χ4n) is 1.44. The van der Waals surface area contributed by atoms with Crippen molar-refractivity contribution in [2.24, 2.45) is 0 Å². The summed E-state index contributed by atoms with van der Waals surface area (Å²) in [5.41, 5.74) is 0.911. The van der Waals surface area contributed by atoms with Crippen molar-refractivity contribution in [3.63, 3.8) is 0 Å². The number of rotatable bonds is 0. The Morgan fingerprint density at radius 1 is 0.765 bits per heavy atom. The van der Waals surface area contributed by atoms with Gasteiger partial charge in [0, 0.05) is 0 Å². The van der Waals surface area contributed by atoms with E-state index in [1.165, 1.54) is 0 Å². The van der Waals surface area contributed by atoms with E-state index in [-0.39, 0.29) is 19.4 Å². The Morgan fingerprint density at radius 2 is 1.12 bits per heavy atom. The van der Waals surface area contributed by atoms with Crippen LogP contribution in [-0.2, 0) is 9.47 Å². The van der Waals surface area contributed by atoms with Crippen molar-refractivity contribution in [2.75, 3.05) is 13.2 Å². The first kappa shape index (κ1) is 13.2. The van der Waals surface area contributed by atoms with Crippen LogP contribution in [-0.4, -0.2) is 25.2 Å². The molecule has 0 aliphatic carbocycles. The van der Waals surface area contributed by atoms with Crippen molar-refractivity contribution in [3.8, 4) is 0 Å². The molecule has 0 saturated carbocycles. The van der Waals surface area contributed by atoms with E-state index in [0.717, 1.165) is 0 Å². The van der Waals surface area contributed by atoms with Gasteiger partial charge in [0.2, 0.25) is 0 Å². The summed E-state index contributed by atoms with van der Waals surface area (Å²) in [6.07, 6.45) is 1.41. The SMILES string of the molecule is C.O=C1OCCCCOC(=O)c2ccc1cc2. The van der Waals surface area contributed by atoms with Crippen molar-refractivity contribution in [1.82, 2.24) is 0 Å². The number of ether oxygens (including phenoxy) is 2. The molecule has 2 aliphatic heterocycles. The maximum absolute atomic E-state index is 11.5. The molecule has 2 bridgehead atoms. The first-order valence-corrected chi connectivity index (χ1v) is 5.22. The van der Waals surface area contributed by atoms with E-state index in [9.17, 15) is 9.59 Å². The van der Waals surface area contributed by atoms with E-state index in [4.69, 9.17) is 9.47 Å². The molecule has 0 radical (unpaired) electrons. The highest BCUT2D eigenvalue weighted by Crippen LogP contribution is 2.09. The molecule has 0 N–H and O–H groups in total. The van der Waals surface area contributed by atoms with Gasteiger partial charge in [-0.25, -0.2) is 9.59 Å². The maximum atomic E-state index is 11.5. The second-order valence-corrected chi connectivity index (χ2v) is 3.56. The van der Waals surface area contributed by atoms with Crippen molar-refractivity contribution in [3.05, 3.63) is 35.4 Å². The molecular formula is C13H16O4. The van der Waals surface area contributed by atoms with Gasteiger partial charge < -0.3 is 9.47 Å². The summed E-state index contributed by atoms with van der Waals surface area (Å²) in [5.74, 6) is -0.694. The molecule has 2 aliphatic rings. The van der Waals surface area contributed by atoms with E-state index in [2.05, 4.69) is 0 Å². The smallest absolute Gasteiger partial charge is 0.338 e. The molecule has 0 atom stereocenters. The topological polar surface area (TPSA) is 52.6 Å². The summed E-state index contributed by atoms with van der Waals surface area (Å²) in [6, 6.07) is 6.28. The standard InChI is InChI=1S/C12H12O4.CH4/c13-11-9-3-5-10(6-4-9)12(14)16-8-2-1-7-15-11;/h3-6H,1-2,7-8H2;1H4. The zero-order valence-corrected chi connectivity index (χ0v) is 8.77. The Hall–Kier alpha value is -1.84. The molecule has 17 heavy (non-hydrogen) atoms. The van der Waals surface area contributed by atoms with Crippen LogP contribution in [0.1, 0.15) is 41.0 Å². The molecule has 0 aromatic heterocycles. The van der Waals surface area contributed by atoms with Crippen LogP contribution in [0.3, 0.4) is 0 Å². The van der Waals surface area contributed by atoms with Crippen molar-refractivity contribution in [1.29, 1.82) is 0 Å². The van der Waals surface area contributed by atoms with Gasteiger partial charge in [-0.05, 0) is 37.1 Å². The lowest BCUT2D eigenvalue weighted by molar-refractivity contribution is 0.0427. The molecule has 1 aromatic carbocycles. The zero-order valence-electron chi connectivity index (χ0n) is 8.77. The van der Waals surface area contributed by atoms with E-state index in [0.29, 0.717) is 37.2 Å². The second-order valence-electron chi connectivity index (χ2n) is 3.56. The highest BCUT2D eigenvalue weighted by atomic mass is 16.5. The maximum Gasteiger partial charge on any atom is 0.338 e. The van der Waals surface area contributed by atoms with Crippen LogP contribution in [0, 0.1) is 0 Å². The number of esters is 2. The molecule has 0 amide bonds. The molecule has 0 saturated heterocycles. The van der Waals surface area contributed by atoms with Crippen LogP contribution < -0.4 is 0 Å². The van der Waals surface area contributed by atoms with E-state index in [1.807, 2.05) is 0 Å². The van der Waals surface area contributed by atoms with E-state index >= 15 is 0 Å². The fourth-order valence-corrected chi connectivity index (χ4v) is 1.44. The predicted octanol–water partition coefficient (Wildman–Crippen LogP) is 2.43. The van der Waals surface area contributed by atoms with Crippen molar-refractivity contribution in [2.45, 2.75) is 20.3 Å². The van der Waals surface area contributed by atoms with Crippen LogP contribution in [0.25, 0.3) is 0 Å². The fraction of sp³-hybridized carbons (Fsp3) is 0.385. The lowest BCUT2D eigenvalue weighted by atomic mass is 10.1. The average Bonchev–Trinajstić information content (AvgIpc) is 2.31. The van der Waals surface area contributed by atoms with Gasteiger partial charge in [-0.2, -0.15) is 0 Å². The minimum atomic E-state index is -0.347. The molecular weight excluding hydrogens is 220 g/mol. The molecule has 2 heterocycles. The number of benzene rings is 1. The van der Waals surface area contributed by atoms with Gasteiger partial charge in [-0.3, -0.25) is 0 Å². The molecule has 92 valence electrons. The molecule has 1 aromatic rings. The predicted molar refractivity (Wildman–Crippen MR) is 63.0 cm³/mol. The number of hydrogen-bond donors (Lipinski definition) is 0. The van der Waals surface area contributed by atoms with Crippen LogP contribution in [0.15, 0.2) is 24.3 Å². The number of fused-ring (bicyclic) bond motifs is 9. The summed E-state index contributed by atoms with van der Waals surface area (Å²) >= 11 is 0. The molecule has 3 rings (SSSR count). The summed E-state index contributed by atoms with van der Waals surface area (Å²) in [4.78, 5) is 23.0. The minimum Gasteiger partial charge on any atom is -0.462 e. The van der Waals surface area contributed by atoms with Crippen molar-refractivity contribution >= 4 is 11.9 Å². The van der Waals surface area contributed by atoms with Gasteiger partial charge in [-0.15, -0.1) is 0 Å². The second kappa shape index (κ2) is 6.03. The summed E-state index contributed by atoms with van der Waals surface area (Å²) in [5, 5.41) is 0. The van der Waals surface area contributed by atoms with Crippen LogP contribution in [0.4, 0.5) is 0 Å². The molecule has 0 unspecified atom stereocenters. The molecule has 4 heteroatoms. The Balaban J connectivity index is 0.00000144. The summed E-state index contributed by atoms with van der Waals surface area (Å²) in [7, 11) is 0. The van der Waals surface area contributed by atoms with Gasteiger partial charge in [0.05, 0.1) is 24.3 Å². The summed E-state index contributed by atoms with van der Waals surface area (Å²) in [6.45, 7) is 0.719. The summed E-state index contributed by atoms with van der Waals surface area (Å²) < 4.78 is 10.1. The third-order valence-electron chi connectivity index (χ3n) is 2.36. The van der Waals surface area contributed by atoms with Crippen LogP contribution in [0.2, 0.25) is 0 Å². The Labute approximate surface area is 101 Å². The van der Waals surface area contributed by atoms with Crippen molar-refractivity contribution < 1.29 is 19.1 Å². The third-order valence-corrected chi connectivity index (χ3v) is 2.36. The van der Waals surface area contributed by atoms with Gasteiger partial charge in [0.1, 0.15) is 0 Å². The Bertz CT molecular complexity index is 355. The zero-order chi connectivity index (χ0) is 11.4. The number of carbonyl (C=O) groups excluding carboxylic acids is 2. The lowest BCUT2D eigenvalue weighted by Gasteiger charge is -2.09. The highest BCUT2D eigenvalue weighted by Gasteiger charge is 2.12. The molecule has 0 spiro atoms. The number of hydrogen-bond acceptors (Lipinski definition) is 4. The van der Waals surface area contributed by atoms with Gasteiger partial charge in [-0.1, -0.05) is 7.43 Å². The quantitative estimate of drug-likeness (QED) is 0.649. The van der Waals surface area contributed by atoms with Crippen LogP contribution in [0.5, 0.6) is 0 Å². The minimum absolute atomic E-state index is 0. The first-order valence-electron chi connectivity index (χ1n) is 5.22. The Kier molecular flexibility index (Phi) is 4.69. The lowest BCUT2D eigenvalue weighted by Crippen LogP contribution is -2.12. The van der Waals surface area contributed by atoms with Gasteiger partial charge in [0.15, 0.2) is 0 Å². The molecule has 4 nitrogen and oxygen atoms in total. The largest absolute Gasteiger partial charge is 0.462 e. The van der Waals surface area contributed by atoms with Gasteiger partial charge >= 0.3 is 11.9 Å². The van der Waals surface area contributed by atoms with E-state index < -0.39 is 0 Å². The van der Waals surface area contributed by atoms with E-state index in [1.54, 1.807) is 24.3 Å². The monoisotopic (exact) mass is 236 g/mol. The average molecular weight is 236 g/mol.